The number of nitrogens with zero attached hydrogens (tertiary/aromatic N) is 2. The minimum atomic E-state index is -0.162. The van der Waals surface area contributed by atoms with E-state index in [9.17, 15) is 4.39 Å². The predicted octanol–water partition coefficient (Wildman–Crippen LogP) is 1.98. The number of rotatable bonds is 5. The third-order valence-electron chi connectivity index (χ3n) is 4.42. The van der Waals surface area contributed by atoms with Crippen molar-refractivity contribution in [2.45, 2.75) is 31.8 Å². The fourth-order valence-corrected chi connectivity index (χ4v) is 3.22. The van der Waals surface area contributed by atoms with Crippen LogP contribution in [-0.2, 0) is 6.42 Å². The molecule has 1 aromatic rings. The Labute approximate surface area is 128 Å². The van der Waals surface area contributed by atoms with Gasteiger partial charge < -0.3 is 15.1 Å². The first-order chi connectivity index (χ1) is 10.1. The third-order valence-corrected chi connectivity index (χ3v) is 4.42. The van der Waals surface area contributed by atoms with Crippen LogP contribution in [-0.4, -0.2) is 62.2 Å². The molecule has 1 saturated heterocycles. The summed E-state index contributed by atoms with van der Waals surface area (Å²) in [5.74, 6) is -0.162. The molecule has 3 nitrogen and oxygen atoms in total. The van der Waals surface area contributed by atoms with Gasteiger partial charge in [-0.05, 0) is 64.3 Å². The Bertz CT molecular complexity index is 421. The Balaban J connectivity index is 2.10. The second-order valence-corrected chi connectivity index (χ2v) is 6.16. The second kappa shape index (κ2) is 7.87. The average molecular weight is 293 g/mol. The first-order valence-corrected chi connectivity index (χ1v) is 7.96. The van der Waals surface area contributed by atoms with Crippen molar-refractivity contribution in [1.82, 2.24) is 15.1 Å². The van der Waals surface area contributed by atoms with Crippen LogP contribution in [0, 0.1) is 5.82 Å². The van der Waals surface area contributed by atoms with Gasteiger partial charge in [0.2, 0.25) is 0 Å². The number of benzene rings is 1. The first kappa shape index (κ1) is 16.4. The highest BCUT2D eigenvalue weighted by atomic mass is 19.1. The summed E-state index contributed by atoms with van der Waals surface area (Å²) in [6, 6.07) is 7.80. The van der Waals surface area contributed by atoms with E-state index in [0.717, 1.165) is 32.6 Å². The zero-order chi connectivity index (χ0) is 15.2. The Hall–Kier alpha value is -0.970. The maximum Gasteiger partial charge on any atom is 0.123 e. The molecule has 1 fully saturated rings. The molecule has 0 radical (unpaired) electrons. The van der Waals surface area contributed by atoms with Crippen LogP contribution in [0.5, 0.6) is 0 Å². The molecule has 0 bridgehead atoms. The van der Waals surface area contributed by atoms with Crippen LogP contribution in [0.1, 0.15) is 18.9 Å². The molecule has 2 rings (SSSR count). The summed E-state index contributed by atoms with van der Waals surface area (Å²) in [5.41, 5.74) is 1.20. The molecule has 21 heavy (non-hydrogen) atoms. The summed E-state index contributed by atoms with van der Waals surface area (Å²) in [6.07, 6.45) is 2.16. The van der Waals surface area contributed by atoms with Gasteiger partial charge in [-0.15, -0.1) is 0 Å². The number of hydrogen-bond acceptors (Lipinski definition) is 3. The lowest BCUT2D eigenvalue weighted by Gasteiger charge is -2.35. The smallest absolute Gasteiger partial charge is 0.123 e. The van der Waals surface area contributed by atoms with Crippen LogP contribution in [0.25, 0.3) is 0 Å². The monoisotopic (exact) mass is 293 g/mol. The molecule has 2 atom stereocenters. The summed E-state index contributed by atoms with van der Waals surface area (Å²) >= 11 is 0. The van der Waals surface area contributed by atoms with Crippen LogP contribution in [0.3, 0.4) is 0 Å². The van der Waals surface area contributed by atoms with Crippen molar-refractivity contribution in [3.05, 3.63) is 35.6 Å². The topological polar surface area (TPSA) is 18.5 Å². The van der Waals surface area contributed by atoms with Gasteiger partial charge in [-0.3, -0.25) is 0 Å². The summed E-state index contributed by atoms with van der Waals surface area (Å²) in [4.78, 5) is 4.89. The molecular weight excluding hydrogens is 265 g/mol. The second-order valence-electron chi connectivity index (χ2n) is 6.16. The molecule has 0 amide bonds. The van der Waals surface area contributed by atoms with Gasteiger partial charge in [0.15, 0.2) is 0 Å². The minimum Gasteiger partial charge on any atom is -0.312 e. The lowest BCUT2D eigenvalue weighted by molar-refractivity contribution is 0.178. The standard InChI is InChI=1S/C17H28FN3/c1-4-19-16(12-14-6-8-15(18)9-7-14)17-13-20(2)10-5-11-21(17)3/h6-9,16-17,19H,4-5,10-13H2,1-3H3. The number of hydrogen-bond donors (Lipinski definition) is 1. The quantitative estimate of drug-likeness (QED) is 0.895. The van der Waals surface area contributed by atoms with Crippen molar-refractivity contribution in [2.75, 3.05) is 40.3 Å². The van der Waals surface area contributed by atoms with Crippen molar-refractivity contribution < 1.29 is 4.39 Å². The molecule has 1 aliphatic heterocycles. The van der Waals surface area contributed by atoms with Gasteiger partial charge in [0.1, 0.15) is 5.82 Å². The normalized spacial score (nSPS) is 23.0. The summed E-state index contributed by atoms with van der Waals surface area (Å²) < 4.78 is 13.1. The maximum atomic E-state index is 13.1. The van der Waals surface area contributed by atoms with E-state index in [-0.39, 0.29) is 5.82 Å². The molecule has 0 aromatic heterocycles. The number of likely N-dealkylation sites (N-methyl/N-ethyl adjacent to an activating group) is 3. The number of nitrogens with one attached hydrogen (secondary N) is 1. The van der Waals surface area contributed by atoms with E-state index in [4.69, 9.17) is 0 Å². The molecule has 1 aromatic carbocycles. The highest BCUT2D eigenvalue weighted by molar-refractivity contribution is 5.18. The Kier molecular flexibility index (Phi) is 6.15. The summed E-state index contributed by atoms with van der Waals surface area (Å²) in [6.45, 7) is 6.49. The lowest BCUT2D eigenvalue weighted by atomic mass is 9.98. The third kappa shape index (κ3) is 4.77. The molecule has 118 valence electrons. The summed E-state index contributed by atoms with van der Waals surface area (Å²) in [7, 11) is 4.42. The Morgan fingerprint density at radius 1 is 1.24 bits per heavy atom. The van der Waals surface area contributed by atoms with Gasteiger partial charge in [0.25, 0.3) is 0 Å². The summed E-state index contributed by atoms with van der Waals surface area (Å²) in [5, 5.41) is 3.63. The fraction of sp³-hybridized carbons (Fsp3) is 0.647. The molecule has 2 unspecified atom stereocenters. The van der Waals surface area contributed by atoms with Gasteiger partial charge >= 0.3 is 0 Å². The van der Waals surface area contributed by atoms with Crippen LogP contribution < -0.4 is 5.32 Å². The molecule has 1 aliphatic rings. The van der Waals surface area contributed by atoms with E-state index in [1.54, 1.807) is 12.1 Å². The zero-order valence-corrected chi connectivity index (χ0v) is 13.5. The van der Waals surface area contributed by atoms with E-state index in [0.29, 0.717) is 12.1 Å². The van der Waals surface area contributed by atoms with Crippen molar-refractivity contribution in [2.24, 2.45) is 0 Å². The maximum absolute atomic E-state index is 13.1. The van der Waals surface area contributed by atoms with Gasteiger partial charge in [0.05, 0.1) is 0 Å². The van der Waals surface area contributed by atoms with Gasteiger partial charge in [-0.2, -0.15) is 0 Å². The predicted molar refractivity (Wildman–Crippen MR) is 86.1 cm³/mol. The van der Waals surface area contributed by atoms with Crippen molar-refractivity contribution in [3.63, 3.8) is 0 Å². The van der Waals surface area contributed by atoms with E-state index in [2.05, 4.69) is 36.1 Å². The zero-order valence-electron chi connectivity index (χ0n) is 13.5. The van der Waals surface area contributed by atoms with Crippen LogP contribution in [0.2, 0.25) is 0 Å². The van der Waals surface area contributed by atoms with E-state index in [1.807, 2.05) is 12.1 Å². The highest BCUT2D eigenvalue weighted by Gasteiger charge is 2.28. The van der Waals surface area contributed by atoms with Gasteiger partial charge in [0, 0.05) is 18.6 Å². The minimum absolute atomic E-state index is 0.162. The average Bonchev–Trinajstić information content (AvgIpc) is 2.62. The number of halogens is 1. The lowest BCUT2D eigenvalue weighted by Crippen LogP contribution is -2.53. The highest BCUT2D eigenvalue weighted by Crippen LogP contribution is 2.15. The van der Waals surface area contributed by atoms with Crippen molar-refractivity contribution in [3.8, 4) is 0 Å². The fourth-order valence-electron chi connectivity index (χ4n) is 3.22. The van der Waals surface area contributed by atoms with Crippen LogP contribution in [0.4, 0.5) is 4.39 Å². The van der Waals surface area contributed by atoms with Crippen LogP contribution in [0.15, 0.2) is 24.3 Å². The van der Waals surface area contributed by atoms with Gasteiger partial charge in [-0.25, -0.2) is 4.39 Å². The van der Waals surface area contributed by atoms with Crippen molar-refractivity contribution in [1.29, 1.82) is 0 Å². The molecule has 0 spiro atoms. The SMILES string of the molecule is CCNC(Cc1ccc(F)cc1)C1CN(C)CCCN1C. The molecule has 1 heterocycles. The molecule has 4 heteroatoms. The molecule has 1 N–H and O–H groups in total. The van der Waals surface area contributed by atoms with E-state index in [1.165, 1.54) is 12.0 Å². The first-order valence-electron chi connectivity index (χ1n) is 7.96. The molecular formula is C17H28FN3. The van der Waals surface area contributed by atoms with E-state index < -0.39 is 0 Å². The molecule has 0 aliphatic carbocycles. The van der Waals surface area contributed by atoms with E-state index >= 15 is 0 Å². The van der Waals surface area contributed by atoms with Crippen molar-refractivity contribution >= 4 is 0 Å². The largest absolute Gasteiger partial charge is 0.312 e. The van der Waals surface area contributed by atoms with Crippen LogP contribution >= 0.6 is 0 Å². The van der Waals surface area contributed by atoms with Gasteiger partial charge in [-0.1, -0.05) is 19.1 Å². The Morgan fingerprint density at radius 2 is 1.95 bits per heavy atom. The molecule has 0 saturated carbocycles. The Morgan fingerprint density at radius 3 is 2.62 bits per heavy atom.